The van der Waals surface area contributed by atoms with Crippen LogP contribution in [0.25, 0.3) is 0 Å². The molecule has 1 aromatic heterocycles. The molecule has 1 heterocycles. The van der Waals surface area contributed by atoms with Crippen LogP contribution in [0.5, 0.6) is 0 Å². The van der Waals surface area contributed by atoms with E-state index < -0.39 is 0 Å². The Bertz CT molecular complexity index is 440. The molecule has 1 fully saturated rings. The first-order chi connectivity index (χ1) is 10.2. The van der Waals surface area contributed by atoms with Gasteiger partial charge in [-0.3, -0.25) is 0 Å². The zero-order valence-electron chi connectivity index (χ0n) is 13.6. The van der Waals surface area contributed by atoms with Gasteiger partial charge in [-0.1, -0.05) is 33.6 Å². The van der Waals surface area contributed by atoms with Gasteiger partial charge in [0, 0.05) is 18.2 Å². The van der Waals surface area contributed by atoms with Gasteiger partial charge in [-0.15, -0.1) is 0 Å². The Balaban J connectivity index is 2.30. The van der Waals surface area contributed by atoms with Gasteiger partial charge in [-0.05, 0) is 31.6 Å². The molecule has 1 aliphatic carbocycles. The van der Waals surface area contributed by atoms with E-state index in [1.807, 2.05) is 0 Å². The molecular weight excluding hydrogens is 262 g/mol. The molecule has 5 heteroatoms. The fourth-order valence-corrected chi connectivity index (χ4v) is 3.18. The number of nitrogens with zero attached hydrogens (tertiary/aromatic N) is 3. The zero-order chi connectivity index (χ0) is 15.2. The van der Waals surface area contributed by atoms with Crippen molar-refractivity contribution in [2.45, 2.75) is 65.3 Å². The topological polar surface area (TPSA) is 67.1 Å². The van der Waals surface area contributed by atoms with E-state index in [1.165, 1.54) is 32.1 Å². The molecule has 21 heavy (non-hydrogen) atoms. The SMILES string of the molecule is CCc1c(NN)ncnc1N(CCC(C)C)C1CCCC1. The van der Waals surface area contributed by atoms with Crippen LogP contribution in [0.15, 0.2) is 6.33 Å². The summed E-state index contributed by atoms with van der Waals surface area (Å²) in [4.78, 5) is 11.4. The predicted molar refractivity (Wildman–Crippen MR) is 88.3 cm³/mol. The van der Waals surface area contributed by atoms with Crippen molar-refractivity contribution in [2.75, 3.05) is 16.9 Å². The van der Waals surface area contributed by atoms with Gasteiger partial charge in [-0.25, -0.2) is 15.8 Å². The minimum atomic E-state index is 0.620. The van der Waals surface area contributed by atoms with Gasteiger partial charge in [0.1, 0.15) is 18.0 Å². The molecule has 3 N–H and O–H groups in total. The first kappa shape index (κ1) is 16.0. The smallest absolute Gasteiger partial charge is 0.148 e. The Hall–Kier alpha value is -1.36. The van der Waals surface area contributed by atoms with Crippen LogP contribution < -0.4 is 16.2 Å². The van der Waals surface area contributed by atoms with E-state index in [9.17, 15) is 0 Å². The highest BCUT2D eigenvalue weighted by Crippen LogP contribution is 2.31. The van der Waals surface area contributed by atoms with Crippen molar-refractivity contribution in [3.8, 4) is 0 Å². The quantitative estimate of drug-likeness (QED) is 0.597. The van der Waals surface area contributed by atoms with Gasteiger partial charge in [0.25, 0.3) is 0 Å². The molecular formula is C16H29N5. The van der Waals surface area contributed by atoms with E-state index in [2.05, 4.69) is 41.1 Å². The normalized spacial score (nSPS) is 15.7. The van der Waals surface area contributed by atoms with Crippen molar-refractivity contribution in [2.24, 2.45) is 11.8 Å². The summed E-state index contributed by atoms with van der Waals surface area (Å²) in [5, 5.41) is 0. The Morgan fingerprint density at radius 3 is 2.62 bits per heavy atom. The summed E-state index contributed by atoms with van der Waals surface area (Å²) >= 11 is 0. The average molecular weight is 291 g/mol. The highest BCUT2D eigenvalue weighted by Gasteiger charge is 2.26. The maximum atomic E-state index is 5.61. The second kappa shape index (κ2) is 7.59. The number of nitrogens with one attached hydrogen (secondary N) is 1. The molecule has 0 amide bonds. The summed E-state index contributed by atoms with van der Waals surface area (Å²) in [6.07, 6.45) is 8.92. The van der Waals surface area contributed by atoms with Gasteiger partial charge in [0.05, 0.1) is 0 Å². The number of aromatic nitrogens is 2. The summed E-state index contributed by atoms with van der Waals surface area (Å²) in [6.45, 7) is 7.76. The minimum Gasteiger partial charge on any atom is -0.353 e. The lowest BCUT2D eigenvalue weighted by atomic mass is 10.1. The van der Waals surface area contributed by atoms with E-state index in [0.717, 1.165) is 30.2 Å². The molecule has 0 saturated heterocycles. The number of hydrazine groups is 1. The van der Waals surface area contributed by atoms with Gasteiger partial charge < -0.3 is 10.3 Å². The van der Waals surface area contributed by atoms with Crippen molar-refractivity contribution in [1.29, 1.82) is 0 Å². The summed E-state index contributed by atoms with van der Waals surface area (Å²) in [7, 11) is 0. The predicted octanol–water partition coefficient (Wildman–Crippen LogP) is 3.12. The molecule has 0 radical (unpaired) electrons. The van der Waals surface area contributed by atoms with E-state index >= 15 is 0 Å². The lowest BCUT2D eigenvalue weighted by Gasteiger charge is -2.32. The van der Waals surface area contributed by atoms with Crippen LogP contribution in [0.4, 0.5) is 11.6 Å². The number of nitrogen functional groups attached to an aromatic ring is 1. The Morgan fingerprint density at radius 1 is 1.33 bits per heavy atom. The molecule has 1 saturated carbocycles. The Morgan fingerprint density at radius 2 is 2.05 bits per heavy atom. The lowest BCUT2D eigenvalue weighted by molar-refractivity contribution is 0.523. The molecule has 118 valence electrons. The third-order valence-corrected chi connectivity index (χ3v) is 4.40. The maximum absolute atomic E-state index is 5.61. The van der Waals surface area contributed by atoms with E-state index in [1.54, 1.807) is 6.33 Å². The second-order valence-corrected chi connectivity index (χ2v) is 6.34. The highest BCUT2D eigenvalue weighted by atomic mass is 15.3. The fraction of sp³-hybridized carbons (Fsp3) is 0.750. The van der Waals surface area contributed by atoms with Crippen LogP contribution in [0.2, 0.25) is 0 Å². The van der Waals surface area contributed by atoms with Crippen molar-refractivity contribution >= 4 is 11.6 Å². The van der Waals surface area contributed by atoms with Gasteiger partial charge in [0.15, 0.2) is 0 Å². The van der Waals surface area contributed by atoms with Crippen LogP contribution in [-0.4, -0.2) is 22.6 Å². The molecule has 0 atom stereocenters. The Labute approximate surface area is 128 Å². The van der Waals surface area contributed by atoms with Crippen LogP contribution >= 0.6 is 0 Å². The summed E-state index contributed by atoms with van der Waals surface area (Å²) in [5.41, 5.74) is 3.85. The molecule has 0 unspecified atom stereocenters. The van der Waals surface area contributed by atoms with E-state index in [-0.39, 0.29) is 0 Å². The molecule has 0 spiro atoms. The summed E-state index contributed by atoms with van der Waals surface area (Å²) in [5.74, 6) is 8.15. The minimum absolute atomic E-state index is 0.620. The van der Waals surface area contributed by atoms with Crippen LogP contribution in [0.3, 0.4) is 0 Å². The first-order valence-corrected chi connectivity index (χ1v) is 8.24. The molecule has 1 aliphatic rings. The lowest BCUT2D eigenvalue weighted by Crippen LogP contribution is -2.36. The maximum Gasteiger partial charge on any atom is 0.148 e. The highest BCUT2D eigenvalue weighted by molar-refractivity contribution is 5.58. The number of rotatable bonds is 7. The summed E-state index contributed by atoms with van der Waals surface area (Å²) in [6, 6.07) is 0.620. The zero-order valence-corrected chi connectivity index (χ0v) is 13.6. The van der Waals surface area contributed by atoms with Gasteiger partial charge in [0.2, 0.25) is 0 Å². The molecule has 0 aromatic carbocycles. The van der Waals surface area contributed by atoms with E-state index in [0.29, 0.717) is 12.0 Å². The number of hydrogen-bond acceptors (Lipinski definition) is 5. The molecule has 0 bridgehead atoms. The molecule has 5 nitrogen and oxygen atoms in total. The number of nitrogens with two attached hydrogens (primary N) is 1. The van der Waals surface area contributed by atoms with Crippen molar-refractivity contribution < 1.29 is 0 Å². The summed E-state index contributed by atoms with van der Waals surface area (Å²) < 4.78 is 0. The first-order valence-electron chi connectivity index (χ1n) is 8.24. The number of hydrogen-bond donors (Lipinski definition) is 2. The van der Waals surface area contributed by atoms with Gasteiger partial charge >= 0.3 is 0 Å². The van der Waals surface area contributed by atoms with Crippen LogP contribution in [0, 0.1) is 5.92 Å². The van der Waals surface area contributed by atoms with Crippen molar-refractivity contribution in [3.63, 3.8) is 0 Å². The van der Waals surface area contributed by atoms with E-state index in [4.69, 9.17) is 5.84 Å². The monoisotopic (exact) mass is 291 g/mol. The molecule has 2 rings (SSSR count). The largest absolute Gasteiger partial charge is 0.353 e. The molecule has 1 aromatic rings. The van der Waals surface area contributed by atoms with Crippen LogP contribution in [-0.2, 0) is 6.42 Å². The fourth-order valence-electron chi connectivity index (χ4n) is 3.18. The number of anilines is 2. The third kappa shape index (κ3) is 3.84. The third-order valence-electron chi connectivity index (χ3n) is 4.40. The van der Waals surface area contributed by atoms with Crippen molar-refractivity contribution in [1.82, 2.24) is 9.97 Å². The van der Waals surface area contributed by atoms with Crippen LogP contribution in [0.1, 0.15) is 58.4 Å². The van der Waals surface area contributed by atoms with Gasteiger partial charge in [-0.2, -0.15) is 0 Å². The van der Waals surface area contributed by atoms with Crippen molar-refractivity contribution in [3.05, 3.63) is 11.9 Å². The Kier molecular flexibility index (Phi) is 5.79. The molecule has 0 aliphatic heterocycles. The average Bonchev–Trinajstić information content (AvgIpc) is 3.00. The standard InChI is InChI=1S/C16H29N5/c1-4-14-15(20-17)18-11-19-16(14)21(10-9-12(2)3)13-7-5-6-8-13/h11-13H,4-10,17H2,1-3H3,(H,18,19,20). The second-order valence-electron chi connectivity index (χ2n) is 6.34.